The highest BCUT2D eigenvalue weighted by Crippen LogP contribution is 2.45. The molecule has 0 saturated carbocycles. The summed E-state index contributed by atoms with van der Waals surface area (Å²) in [4.78, 5) is 80.4. The quantitative estimate of drug-likeness (QED) is 0.0484. The summed E-state index contributed by atoms with van der Waals surface area (Å²) in [6.07, 6.45) is -7.55. The van der Waals surface area contributed by atoms with E-state index in [4.69, 9.17) is 45.8 Å². The zero-order valence-corrected chi connectivity index (χ0v) is 46.7. The number of nitrogens with one attached hydrogen (secondary N) is 5. The van der Waals surface area contributed by atoms with Crippen molar-refractivity contribution in [2.24, 2.45) is 28.9 Å². The van der Waals surface area contributed by atoms with Gasteiger partial charge in [0, 0.05) is 39.1 Å². The van der Waals surface area contributed by atoms with E-state index >= 15 is 0 Å². The number of aliphatic hydroxyl groups excluding tert-OH is 4. The average molecular weight is 1120 g/mol. The third kappa shape index (κ3) is 17.9. The van der Waals surface area contributed by atoms with Crippen LogP contribution in [0.1, 0.15) is 103 Å². The van der Waals surface area contributed by atoms with Gasteiger partial charge in [-0.05, 0) is 92.7 Å². The SMILES string of the molecule is COc1ccc(C[C@H]2NC(=O)/C=C/C[C@@H]([C@H](C)[C@H]3O[C@@H]3c3ccc(CNC(=O)[C@H](CCCCNC(=O)[C@H]4O[C@@H](OC)[C@H](O)[C@@H](O)[C@@H]4O)NC(=O)[C@@H](N)C(C)C)cc3)OC(O)[C@H](CC(C)C)OC(=O)C(C)(C)CNC2=O)cc1Cl. The molecule has 0 bridgehead atoms. The summed E-state index contributed by atoms with van der Waals surface area (Å²) in [6, 6.07) is 9.58. The highest BCUT2D eigenvalue weighted by molar-refractivity contribution is 6.32. The second-order valence-electron chi connectivity index (χ2n) is 21.7. The lowest BCUT2D eigenvalue weighted by atomic mass is 9.92. The molecule has 2 fully saturated rings. The van der Waals surface area contributed by atoms with Crippen molar-refractivity contribution in [1.29, 1.82) is 0 Å². The number of halogens is 1. The van der Waals surface area contributed by atoms with Gasteiger partial charge in [-0.25, -0.2) is 0 Å². The molecule has 5 amide bonds. The van der Waals surface area contributed by atoms with Gasteiger partial charge in [-0.1, -0.05) is 82.6 Å². The number of benzene rings is 2. The molecule has 0 aromatic heterocycles. The maximum atomic E-state index is 13.7. The van der Waals surface area contributed by atoms with E-state index in [9.17, 15) is 49.2 Å². The molecule has 2 aromatic carbocycles. The van der Waals surface area contributed by atoms with Crippen LogP contribution in [0.3, 0.4) is 0 Å². The number of carbonyl (C=O) groups is 6. The predicted octanol–water partition coefficient (Wildman–Crippen LogP) is 1.74. The van der Waals surface area contributed by atoms with Crippen LogP contribution in [-0.4, -0.2) is 157 Å². The van der Waals surface area contributed by atoms with Crippen LogP contribution in [0.2, 0.25) is 5.02 Å². The highest BCUT2D eigenvalue weighted by atomic mass is 35.5. The topological polar surface area (TPSA) is 328 Å². The molecule has 2 saturated heterocycles. The third-order valence-electron chi connectivity index (χ3n) is 14.1. The summed E-state index contributed by atoms with van der Waals surface area (Å²) in [5.74, 6) is -3.58. The molecule has 3 heterocycles. The van der Waals surface area contributed by atoms with E-state index in [-0.39, 0.29) is 75.3 Å². The van der Waals surface area contributed by atoms with Crippen molar-refractivity contribution >= 4 is 47.1 Å². The van der Waals surface area contributed by atoms with Gasteiger partial charge in [-0.3, -0.25) is 28.8 Å². The Bertz CT molecular complexity index is 2370. The van der Waals surface area contributed by atoms with E-state index in [0.717, 1.165) is 11.1 Å². The van der Waals surface area contributed by atoms with Crippen molar-refractivity contribution in [3.63, 3.8) is 0 Å². The number of carbonyl (C=O) groups excluding carboxylic acids is 6. The van der Waals surface area contributed by atoms with Crippen molar-refractivity contribution in [3.8, 4) is 5.75 Å². The summed E-state index contributed by atoms with van der Waals surface area (Å²) < 4.78 is 34.1. The van der Waals surface area contributed by atoms with Crippen molar-refractivity contribution in [1.82, 2.24) is 26.6 Å². The number of hydrogen-bond acceptors (Lipinski definition) is 17. The zero-order valence-electron chi connectivity index (χ0n) is 45.9. The Kier molecular flexibility index (Phi) is 23.8. The van der Waals surface area contributed by atoms with Crippen LogP contribution in [0.15, 0.2) is 54.6 Å². The van der Waals surface area contributed by atoms with Crippen molar-refractivity contribution in [3.05, 3.63) is 76.3 Å². The molecule has 434 valence electrons. The first-order valence-electron chi connectivity index (χ1n) is 26.5. The maximum absolute atomic E-state index is 13.7. The Hall–Kier alpha value is -5.27. The summed E-state index contributed by atoms with van der Waals surface area (Å²) >= 11 is 6.38. The molecule has 14 atom stereocenters. The van der Waals surface area contributed by atoms with Crippen molar-refractivity contribution in [2.75, 3.05) is 27.3 Å². The van der Waals surface area contributed by atoms with Gasteiger partial charge in [-0.15, -0.1) is 0 Å². The van der Waals surface area contributed by atoms with Gasteiger partial charge in [0.25, 0.3) is 5.91 Å². The minimum Gasteiger partial charge on any atom is -0.495 e. The van der Waals surface area contributed by atoms with E-state index < -0.39 is 108 Å². The van der Waals surface area contributed by atoms with Gasteiger partial charge in [0.1, 0.15) is 42.2 Å². The molecule has 0 spiro atoms. The predicted molar refractivity (Wildman–Crippen MR) is 285 cm³/mol. The first-order chi connectivity index (χ1) is 36.8. The Morgan fingerprint density at radius 3 is 2.22 bits per heavy atom. The van der Waals surface area contributed by atoms with Crippen molar-refractivity contribution in [2.45, 2.75) is 173 Å². The molecule has 3 aliphatic heterocycles. The molecule has 23 heteroatoms. The number of rotatable bonds is 21. The Morgan fingerprint density at radius 2 is 1.58 bits per heavy atom. The lowest BCUT2D eigenvalue weighted by Gasteiger charge is -2.38. The smallest absolute Gasteiger partial charge is 0.313 e. The first kappa shape index (κ1) is 63.6. The van der Waals surface area contributed by atoms with E-state index in [0.29, 0.717) is 29.2 Å². The molecule has 11 N–H and O–H groups in total. The van der Waals surface area contributed by atoms with Crippen LogP contribution < -0.4 is 37.1 Å². The Labute approximate surface area is 461 Å². The van der Waals surface area contributed by atoms with Crippen LogP contribution >= 0.6 is 11.6 Å². The van der Waals surface area contributed by atoms with Gasteiger partial charge in [0.05, 0.1) is 35.8 Å². The summed E-state index contributed by atoms with van der Waals surface area (Å²) in [5.41, 5.74) is 7.10. The lowest BCUT2D eigenvalue weighted by molar-refractivity contribution is -0.283. The number of hydrogen-bond donors (Lipinski definition) is 10. The monoisotopic (exact) mass is 1120 g/mol. The van der Waals surface area contributed by atoms with Crippen molar-refractivity contribution < 1.29 is 77.6 Å². The normalized spacial score (nSPS) is 28.5. The number of aliphatic hydroxyl groups is 4. The van der Waals surface area contributed by atoms with Crippen LogP contribution in [0, 0.1) is 23.2 Å². The summed E-state index contributed by atoms with van der Waals surface area (Å²) in [7, 11) is 2.71. The molecule has 2 aromatic rings. The number of amides is 5. The summed E-state index contributed by atoms with van der Waals surface area (Å²) in [5, 5.41) is 56.3. The highest BCUT2D eigenvalue weighted by Gasteiger charge is 2.49. The van der Waals surface area contributed by atoms with Gasteiger partial charge in [0.15, 0.2) is 24.8 Å². The standard InChI is InChI=1S/C55H81ClN6O16/c1-28(2)23-39-52(71)75-37(14-12-15-40(63)61-36(25-32-18-21-38(73-8)34(56)24-32)49(68)60-27-55(6,7)54(72)76-39)30(5)45-46(77-45)33-19-16-31(17-20-33)26-59-48(67)35(62-50(69)41(57)29(3)4)13-10-11-22-58-51(70)47-43(65)42(64)44(66)53(74-9)78-47/h12,15-21,24,28-30,35-37,39,41-47,52-53,64-66,71H,10-11,13-14,22-23,25-27,57H2,1-9H3,(H,58,70)(H,59,67)(H,60,68)(H,61,63)(H,62,69)/b15-12+/t30-,35-,36+,37-,39-,41-,42-,43-,44+,45+,46+,47-,52?,53+/m0/s1. The number of epoxide rings is 1. The van der Waals surface area contributed by atoms with Gasteiger partial charge >= 0.3 is 5.97 Å². The molecule has 1 unspecified atom stereocenters. The Morgan fingerprint density at radius 1 is 0.885 bits per heavy atom. The minimum atomic E-state index is -1.70. The van der Waals surface area contributed by atoms with Gasteiger partial charge < -0.3 is 81.2 Å². The fourth-order valence-corrected chi connectivity index (χ4v) is 9.27. The largest absolute Gasteiger partial charge is 0.495 e. The van der Waals surface area contributed by atoms with Crippen LogP contribution in [0.25, 0.3) is 0 Å². The van der Waals surface area contributed by atoms with Gasteiger partial charge in [0.2, 0.25) is 23.6 Å². The average Bonchev–Trinajstić information content (AvgIpc) is 4.23. The molecule has 3 aliphatic rings. The number of ether oxygens (including phenoxy) is 6. The van der Waals surface area contributed by atoms with E-state index in [1.807, 2.05) is 45.0 Å². The number of methoxy groups -OCH3 is 2. The van der Waals surface area contributed by atoms with E-state index in [2.05, 4.69) is 26.6 Å². The fraction of sp³-hybridized carbons (Fsp3) is 0.636. The van der Waals surface area contributed by atoms with E-state index in [1.54, 1.807) is 52.0 Å². The third-order valence-corrected chi connectivity index (χ3v) is 14.4. The number of unbranched alkanes of at least 4 members (excludes halogenated alkanes) is 1. The zero-order chi connectivity index (χ0) is 57.6. The second-order valence-corrected chi connectivity index (χ2v) is 22.1. The molecular formula is C55H81ClN6O16. The molecule has 5 rings (SSSR count). The lowest BCUT2D eigenvalue weighted by Crippen LogP contribution is -2.61. The molecule has 22 nitrogen and oxygen atoms in total. The second kappa shape index (κ2) is 29.3. The van der Waals surface area contributed by atoms with E-state index in [1.165, 1.54) is 20.3 Å². The van der Waals surface area contributed by atoms with Crippen LogP contribution in [0.4, 0.5) is 0 Å². The summed E-state index contributed by atoms with van der Waals surface area (Å²) in [6.45, 7) is 12.6. The molecule has 0 aliphatic carbocycles. The number of cyclic esters (lactones) is 1. The molecular weight excluding hydrogens is 1040 g/mol. The molecule has 78 heavy (non-hydrogen) atoms. The first-order valence-corrected chi connectivity index (χ1v) is 26.9. The maximum Gasteiger partial charge on any atom is 0.313 e. The molecule has 0 radical (unpaired) electrons. The number of esters is 1. The minimum absolute atomic E-state index is 0.00999. The fourth-order valence-electron chi connectivity index (χ4n) is 8.99. The van der Waals surface area contributed by atoms with Crippen LogP contribution in [0.5, 0.6) is 5.75 Å². The van der Waals surface area contributed by atoms with Gasteiger partial charge in [-0.2, -0.15) is 0 Å². The van der Waals surface area contributed by atoms with Crippen LogP contribution in [-0.2, 0) is 65.4 Å². The Balaban J connectivity index is 1.23. The number of nitrogens with two attached hydrogens (primary N) is 1.